The molecule has 1 fully saturated rings. The summed E-state index contributed by atoms with van der Waals surface area (Å²) in [5.41, 5.74) is 5.45. The van der Waals surface area contributed by atoms with E-state index in [1.807, 2.05) is 6.92 Å². The molecule has 1 aliphatic heterocycles. The molecule has 0 radical (unpaired) electrons. The minimum Gasteiger partial charge on any atom is -0.387 e. The summed E-state index contributed by atoms with van der Waals surface area (Å²) in [5.74, 6) is 0.440. The Kier molecular flexibility index (Phi) is 4.35. The van der Waals surface area contributed by atoms with E-state index in [4.69, 9.17) is 15.9 Å². The molecule has 82 valence electrons. The lowest BCUT2D eigenvalue weighted by Crippen LogP contribution is -2.45. The fourth-order valence-corrected chi connectivity index (χ4v) is 1.68. The van der Waals surface area contributed by atoms with E-state index >= 15 is 0 Å². The van der Waals surface area contributed by atoms with Gasteiger partial charge in [0.15, 0.2) is 0 Å². The summed E-state index contributed by atoms with van der Waals surface area (Å²) in [6, 6.07) is 0. The van der Waals surface area contributed by atoms with E-state index in [9.17, 15) is 0 Å². The zero-order valence-corrected chi connectivity index (χ0v) is 9.12. The van der Waals surface area contributed by atoms with E-state index in [1.54, 1.807) is 0 Å². The van der Waals surface area contributed by atoms with Crippen molar-refractivity contribution in [3.05, 3.63) is 0 Å². The number of nitrogens with zero attached hydrogens (tertiary/aromatic N) is 1. The molecule has 0 aromatic rings. The highest BCUT2D eigenvalue weighted by atomic mass is 16.5. The SMILES string of the molecule is CCC1CN(CC(C)C(=N)N)CCO1. The third kappa shape index (κ3) is 3.27. The van der Waals surface area contributed by atoms with Crippen LogP contribution in [-0.4, -0.2) is 43.1 Å². The fraction of sp³-hybridized carbons (Fsp3) is 0.900. The molecule has 1 aliphatic rings. The van der Waals surface area contributed by atoms with E-state index in [2.05, 4.69) is 11.8 Å². The van der Waals surface area contributed by atoms with Gasteiger partial charge in [0.05, 0.1) is 18.5 Å². The van der Waals surface area contributed by atoms with E-state index < -0.39 is 0 Å². The second kappa shape index (κ2) is 5.32. The van der Waals surface area contributed by atoms with Gasteiger partial charge >= 0.3 is 0 Å². The molecular weight excluding hydrogens is 178 g/mol. The van der Waals surface area contributed by atoms with Crippen LogP contribution in [0.5, 0.6) is 0 Å². The molecule has 2 atom stereocenters. The molecule has 0 aromatic heterocycles. The van der Waals surface area contributed by atoms with Crippen LogP contribution in [0.2, 0.25) is 0 Å². The monoisotopic (exact) mass is 199 g/mol. The number of ether oxygens (including phenoxy) is 1. The summed E-state index contributed by atoms with van der Waals surface area (Å²) in [6.45, 7) is 7.78. The molecule has 4 heteroatoms. The van der Waals surface area contributed by atoms with Crippen LogP contribution in [0.25, 0.3) is 0 Å². The molecule has 1 heterocycles. The second-order valence-electron chi connectivity index (χ2n) is 4.02. The molecule has 2 unspecified atom stereocenters. The standard InChI is InChI=1S/C10H21N3O/c1-3-9-7-13(4-5-14-9)6-8(2)10(11)12/h8-9H,3-7H2,1-2H3,(H3,11,12). The maximum atomic E-state index is 7.33. The van der Waals surface area contributed by atoms with Crippen molar-refractivity contribution in [2.24, 2.45) is 11.7 Å². The van der Waals surface area contributed by atoms with Crippen molar-refractivity contribution in [1.82, 2.24) is 4.90 Å². The molecule has 0 amide bonds. The van der Waals surface area contributed by atoms with Crippen LogP contribution in [0.15, 0.2) is 0 Å². The maximum absolute atomic E-state index is 7.33. The molecule has 0 aromatic carbocycles. The first-order valence-electron chi connectivity index (χ1n) is 5.31. The molecular formula is C10H21N3O. The maximum Gasteiger partial charge on any atom is 0.0947 e. The number of amidine groups is 1. The van der Waals surface area contributed by atoms with Crippen molar-refractivity contribution in [3.63, 3.8) is 0 Å². The highest BCUT2D eigenvalue weighted by Crippen LogP contribution is 2.10. The van der Waals surface area contributed by atoms with Crippen LogP contribution in [0, 0.1) is 11.3 Å². The van der Waals surface area contributed by atoms with Gasteiger partial charge in [-0.05, 0) is 6.42 Å². The summed E-state index contributed by atoms with van der Waals surface area (Å²) in [7, 11) is 0. The van der Waals surface area contributed by atoms with Crippen molar-refractivity contribution in [2.45, 2.75) is 26.4 Å². The van der Waals surface area contributed by atoms with Gasteiger partial charge in [-0.15, -0.1) is 0 Å². The zero-order chi connectivity index (χ0) is 10.6. The summed E-state index contributed by atoms with van der Waals surface area (Å²) >= 11 is 0. The molecule has 3 N–H and O–H groups in total. The largest absolute Gasteiger partial charge is 0.387 e. The van der Waals surface area contributed by atoms with Crippen LogP contribution in [0.1, 0.15) is 20.3 Å². The number of nitrogens with two attached hydrogens (primary N) is 1. The van der Waals surface area contributed by atoms with Crippen LogP contribution in [0.4, 0.5) is 0 Å². The van der Waals surface area contributed by atoms with E-state index in [0.29, 0.717) is 6.10 Å². The topological polar surface area (TPSA) is 62.3 Å². The molecule has 1 saturated heterocycles. The van der Waals surface area contributed by atoms with Gasteiger partial charge in [0.2, 0.25) is 0 Å². The van der Waals surface area contributed by atoms with Gasteiger partial charge in [-0.25, -0.2) is 0 Å². The number of hydrogen-bond acceptors (Lipinski definition) is 3. The number of morpholine rings is 1. The number of hydrogen-bond donors (Lipinski definition) is 2. The van der Waals surface area contributed by atoms with E-state index in [-0.39, 0.29) is 11.8 Å². The second-order valence-corrected chi connectivity index (χ2v) is 4.02. The Morgan fingerprint density at radius 3 is 3.00 bits per heavy atom. The Morgan fingerprint density at radius 2 is 2.43 bits per heavy atom. The Labute approximate surface area is 85.9 Å². The molecule has 0 aliphatic carbocycles. The Hall–Kier alpha value is -0.610. The fourth-order valence-electron chi connectivity index (χ4n) is 1.68. The van der Waals surface area contributed by atoms with Crippen molar-refractivity contribution in [1.29, 1.82) is 5.41 Å². The summed E-state index contributed by atoms with van der Waals surface area (Å²) in [6.07, 6.45) is 1.42. The van der Waals surface area contributed by atoms with E-state index in [0.717, 1.165) is 32.7 Å². The van der Waals surface area contributed by atoms with Crippen molar-refractivity contribution >= 4 is 5.84 Å². The van der Waals surface area contributed by atoms with Crippen LogP contribution >= 0.6 is 0 Å². The first-order valence-corrected chi connectivity index (χ1v) is 5.31. The number of rotatable bonds is 4. The lowest BCUT2D eigenvalue weighted by Gasteiger charge is -2.33. The summed E-state index contributed by atoms with van der Waals surface area (Å²) in [4.78, 5) is 2.34. The minimum absolute atomic E-state index is 0.158. The summed E-state index contributed by atoms with van der Waals surface area (Å²) in [5, 5.41) is 7.33. The first-order chi connectivity index (χ1) is 6.63. The van der Waals surface area contributed by atoms with Crippen LogP contribution in [-0.2, 0) is 4.74 Å². The Balaban J connectivity index is 2.33. The molecule has 4 nitrogen and oxygen atoms in total. The van der Waals surface area contributed by atoms with Gasteiger partial charge in [-0.2, -0.15) is 0 Å². The van der Waals surface area contributed by atoms with E-state index in [1.165, 1.54) is 0 Å². The highest BCUT2D eigenvalue weighted by molar-refractivity contribution is 5.79. The lowest BCUT2D eigenvalue weighted by atomic mass is 10.1. The van der Waals surface area contributed by atoms with Gasteiger partial charge < -0.3 is 10.5 Å². The Bertz CT molecular complexity index is 196. The molecule has 14 heavy (non-hydrogen) atoms. The minimum atomic E-state index is 0.158. The van der Waals surface area contributed by atoms with Crippen LogP contribution in [0.3, 0.4) is 0 Å². The average Bonchev–Trinajstić information content (AvgIpc) is 2.18. The molecule has 1 rings (SSSR count). The average molecular weight is 199 g/mol. The normalized spacial score (nSPS) is 26.0. The molecule has 0 bridgehead atoms. The number of nitrogens with one attached hydrogen (secondary N) is 1. The third-order valence-electron chi connectivity index (χ3n) is 2.74. The first kappa shape index (κ1) is 11.5. The summed E-state index contributed by atoms with van der Waals surface area (Å²) < 4.78 is 5.57. The molecule has 0 saturated carbocycles. The van der Waals surface area contributed by atoms with Gasteiger partial charge in [0.1, 0.15) is 0 Å². The third-order valence-corrected chi connectivity index (χ3v) is 2.74. The lowest BCUT2D eigenvalue weighted by molar-refractivity contribution is -0.0313. The van der Waals surface area contributed by atoms with Crippen molar-refractivity contribution < 1.29 is 4.74 Å². The van der Waals surface area contributed by atoms with Crippen molar-refractivity contribution in [3.8, 4) is 0 Å². The van der Waals surface area contributed by atoms with Gasteiger partial charge in [0.25, 0.3) is 0 Å². The van der Waals surface area contributed by atoms with Crippen molar-refractivity contribution in [2.75, 3.05) is 26.2 Å². The Morgan fingerprint density at radius 1 is 1.71 bits per heavy atom. The quantitative estimate of drug-likeness (QED) is 0.516. The van der Waals surface area contributed by atoms with Crippen LogP contribution < -0.4 is 5.73 Å². The predicted octanol–water partition coefficient (Wildman–Crippen LogP) is 0.669. The van der Waals surface area contributed by atoms with Gasteiger partial charge in [-0.3, -0.25) is 10.3 Å². The zero-order valence-electron chi connectivity index (χ0n) is 9.12. The van der Waals surface area contributed by atoms with Gasteiger partial charge in [0, 0.05) is 25.6 Å². The predicted molar refractivity (Wildman–Crippen MR) is 57.5 cm³/mol. The van der Waals surface area contributed by atoms with Gasteiger partial charge in [-0.1, -0.05) is 13.8 Å². The molecule has 0 spiro atoms. The highest BCUT2D eigenvalue weighted by Gasteiger charge is 2.20. The smallest absolute Gasteiger partial charge is 0.0947 e.